The average Bonchev–Trinajstić information content (AvgIpc) is 2.62. The van der Waals surface area contributed by atoms with Gasteiger partial charge in [-0.15, -0.1) is 0 Å². The summed E-state index contributed by atoms with van der Waals surface area (Å²) in [5, 5.41) is 0. The van der Waals surface area contributed by atoms with Crippen molar-refractivity contribution in [3.63, 3.8) is 0 Å². The van der Waals surface area contributed by atoms with E-state index in [0.717, 1.165) is 5.76 Å². The highest BCUT2D eigenvalue weighted by molar-refractivity contribution is 6.77. The maximum atomic E-state index is 12.0. The van der Waals surface area contributed by atoms with Crippen molar-refractivity contribution in [2.45, 2.75) is 71.5 Å². The van der Waals surface area contributed by atoms with Crippen molar-refractivity contribution >= 4 is 14.3 Å². The highest BCUT2D eigenvalue weighted by Gasteiger charge is 2.47. The number of hydrogen-bond donors (Lipinski definition) is 0. The van der Waals surface area contributed by atoms with Gasteiger partial charge in [-0.2, -0.15) is 0 Å². The molecule has 0 aromatic heterocycles. The molecule has 0 spiro atoms. The van der Waals surface area contributed by atoms with Crippen molar-refractivity contribution in [1.82, 2.24) is 0 Å². The number of ether oxygens (including phenoxy) is 1. The molecule has 3 nitrogen and oxygen atoms in total. The highest BCUT2D eigenvalue weighted by Crippen LogP contribution is 2.43. The SMILES string of the molecule is C/C=C/C(=C/CCOC(=O)c1ccccc1)O[Si](C(C)C)(C(C)C)C(C)C. The van der Waals surface area contributed by atoms with Gasteiger partial charge in [-0.25, -0.2) is 4.79 Å². The summed E-state index contributed by atoms with van der Waals surface area (Å²) in [6.45, 7) is 16.0. The molecule has 0 aliphatic heterocycles. The number of rotatable bonds is 10. The van der Waals surface area contributed by atoms with E-state index in [2.05, 4.69) is 41.5 Å². The number of esters is 1. The Labute approximate surface area is 166 Å². The molecule has 0 heterocycles. The van der Waals surface area contributed by atoms with E-state index in [1.165, 1.54) is 0 Å². The predicted octanol–water partition coefficient (Wildman–Crippen LogP) is 6.89. The van der Waals surface area contributed by atoms with Crippen LogP contribution in [0.2, 0.25) is 16.6 Å². The fourth-order valence-electron chi connectivity index (χ4n) is 3.88. The second-order valence-corrected chi connectivity index (χ2v) is 13.2. The fourth-order valence-corrected chi connectivity index (χ4v) is 9.14. The van der Waals surface area contributed by atoms with E-state index in [1.54, 1.807) is 12.1 Å². The molecule has 1 aromatic rings. The summed E-state index contributed by atoms with van der Waals surface area (Å²) < 4.78 is 12.1. The Bertz CT molecular complexity index is 609. The third kappa shape index (κ3) is 6.38. The van der Waals surface area contributed by atoms with Gasteiger partial charge < -0.3 is 9.16 Å². The molecule has 1 rings (SSSR count). The average molecular weight is 389 g/mol. The van der Waals surface area contributed by atoms with Crippen LogP contribution >= 0.6 is 0 Å². The van der Waals surface area contributed by atoms with Gasteiger partial charge in [-0.1, -0.05) is 65.8 Å². The molecule has 0 radical (unpaired) electrons. The van der Waals surface area contributed by atoms with E-state index >= 15 is 0 Å². The number of carbonyl (C=O) groups is 1. The topological polar surface area (TPSA) is 35.5 Å². The lowest BCUT2D eigenvalue weighted by Crippen LogP contribution is -2.47. The lowest BCUT2D eigenvalue weighted by Gasteiger charge is -2.42. The van der Waals surface area contributed by atoms with Crippen LogP contribution in [0.5, 0.6) is 0 Å². The van der Waals surface area contributed by atoms with Crippen LogP contribution in [0.4, 0.5) is 0 Å². The normalized spacial score (nSPS) is 13.0. The molecule has 0 N–H and O–H groups in total. The van der Waals surface area contributed by atoms with Gasteiger partial charge in [0.15, 0.2) is 0 Å². The Balaban J connectivity index is 2.80. The van der Waals surface area contributed by atoms with Crippen molar-refractivity contribution in [3.8, 4) is 0 Å². The second-order valence-electron chi connectivity index (χ2n) is 7.82. The van der Waals surface area contributed by atoms with Crippen molar-refractivity contribution in [2.75, 3.05) is 6.61 Å². The minimum atomic E-state index is -1.99. The van der Waals surface area contributed by atoms with Gasteiger partial charge in [0.1, 0.15) is 0 Å². The van der Waals surface area contributed by atoms with E-state index in [1.807, 2.05) is 43.4 Å². The molecule has 0 unspecified atom stereocenters. The Hall–Kier alpha value is -1.81. The smallest absolute Gasteiger partial charge is 0.338 e. The third-order valence-corrected chi connectivity index (χ3v) is 11.0. The summed E-state index contributed by atoms with van der Waals surface area (Å²) >= 11 is 0. The Kier molecular flexibility index (Phi) is 9.57. The fraction of sp³-hybridized carbons (Fsp3) is 0.522. The Morgan fingerprint density at radius 1 is 1.00 bits per heavy atom. The van der Waals surface area contributed by atoms with E-state index in [4.69, 9.17) is 9.16 Å². The number of carbonyl (C=O) groups excluding carboxylic acids is 1. The van der Waals surface area contributed by atoms with E-state index in [9.17, 15) is 4.79 Å². The first-order valence-corrected chi connectivity index (χ1v) is 12.1. The minimum Gasteiger partial charge on any atom is -0.543 e. The standard InChI is InChI=1S/C23H36O3Si/c1-8-13-22(26-27(18(2)3,19(4)5)20(6)7)16-12-17-25-23(24)21-14-10-9-11-15-21/h8-11,13-16,18-20H,12,17H2,1-7H3/b13-8+,22-16-. The number of allylic oxidation sites excluding steroid dienone is 2. The summed E-state index contributed by atoms with van der Waals surface area (Å²) in [7, 11) is -1.99. The van der Waals surface area contributed by atoms with E-state index in [0.29, 0.717) is 35.2 Å². The van der Waals surface area contributed by atoms with Crippen molar-refractivity contribution in [2.24, 2.45) is 0 Å². The summed E-state index contributed by atoms with van der Waals surface area (Å²) in [5.74, 6) is 0.615. The molecule has 0 saturated heterocycles. The van der Waals surface area contributed by atoms with Crippen LogP contribution in [-0.4, -0.2) is 20.9 Å². The first-order valence-electron chi connectivity index (χ1n) is 9.99. The largest absolute Gasteiger partial charge is 0.543 e. The molecular weight excluding hydrogens is 352 g/mol. The molecule has 150 valence electrons. The van der Waals surface area contributed by atoms with Gasteiger partial charge in [0.05, 0.1) is 17.9 Å². The lowest BCUT2D eigenvalue weighted by molar-refractivity contribution is 0.0511. The maximum Gasteiger partial charge on any atom is 0.338 e. The summed E-state index contributed by atoms with van der Waals surface area (Å²) in [5.41, 5.74) is 2.13. The molecule has 0 fully saturated rings. The van der Waals surface area contributed by atoms with Crippen molar-refractivity contribution < 1.29 is 14.0 Å². The molecular formula is C23H36O3Si. The van der Waals surface area contributed by atoms with Gasteiger partial charge in [-0.3, -0.25) is 0 Å². The molecule has 0 atom stereocenters. The van der Waals surface area contributed by atoms with Gasteiger partial charge in [0.2, 0.25) is 0 Å². The summed E-state index contributed by atoms with van der Waals surface area (Å²) in [4.78, 5) is 12.0. The van der Waals surface area contributed by atoms with Gasteiger partial charge in [0, 0.05) is 6.42 Å². The third-order valence-electron chi connectivity index (χ3n) is 5.04. The lowest BCUT2D eigenvalue weighted by atomic mass is 10.2. The number of benzene rings is 1. The highest BCUT2D eigenvalue weighted by atomic mass is 28.4. The maximum absolute atomic E-state index is 12.0. The first-order chi connectivity index (χ1) is 12.8. The van der Waals surface area contributed by atoms with Crippen LogP contribution in [0.3, 0.4) is 0 Å². The molecule has 0 aliphatic carbocycles. The number of hydrogen-bond acceptors (Lipinski definition) is 3. The zero-order valence-corrected chi connectivity index (χ0v) is 19.0. The van der Waals surface area contributed by atoms with Gasteiger partial charge >= 0.3 is 5.97 Å². The Morgan fingerprint density at radius 2 is 1.56 bits per heavy atom. The van der Waals surface area contributed by atoms with Gasteiger partial charge in [-0.05, 0) is 47.8 Å². The van der Waals surface area contributed by atoms with Crippen LogP contribution < -0.4 is 0 Å². The van der Waals surface area contributed by atoms with Crippen LogP contribution in [-0.2, 0) is 9.16 Å². The molecule has 0 aliphatic rings. The van der Waals surface area contributed by atoms with E-state index in [-0.39, 0.29) is 5.97 Å². The molecule has 4 heteroatoms. The first kappa shape index (κ1) is 23.2. The molecule has 1 aromatic carbocycles. The molecule has 0 bridgehead atoms. The van der Waals surface area contributed by atoms with E-state index < -0.39 is 8.32 Å². The quantitative estimate of drug-likeness (QED) is 0.144. The predicted molar refractivity (Wildman–Crippen MR) is 116 cm³/mol. The van der Waals surface area contributed by atoms with Crippen LogP contribution in [0.1, 0.15) is 65.2 Å². The van der Waals surface area contributed by atoms with Gasteiger partial charge in [0.25, 0.3) is 8.32 Å². The zero-order valence-electron chi connectivity index (χ0n) is 18.0. The van der Waals surface area contributed by atoms with Crippen LogP contribution in [0.15, 0.2) is 54.3 Å². The summed E-state index contributed by atoms with van der Waals surface area (Å²) in [6, 6.07) is 9.08. The summed E-state index contributed by atoms with van der Waals surface area (Å²) in [6.07, 6.45) is 6.71. The molecule has 27 heavy (non-hydrogen) atoms. The molecule has 0 saturated carbocycles. The van der Waals surface area contributed by atoms with Crippen molar-refractivity contribution in [3.05, 3.63) is 59.9 Å². The van der Waals surface area contributed by atoms with Crippen LogP contribution in [0.25, 0.3) is 0 Å². The minimum absolute atomic E-state index is 0.284. The molecule has 0 amide bonds. The van der Waals surface area contributed by atoms with Crippen LogP contribution in [0, 0.1) is 0 Å². The van der Waals surface area contributed by atoms with Crippen molar-refractivity contribution in [1.29, 1.82) is 0 Å². The zero-order chi connectivity index (χ0) is 20.4. The second kappa shape index (κ2) is 11.1. The monoisotopic (exact) mass is 388 g/mol. The Morgan fingerprint density at radius 3 is 2.04 bits per heavy atom.